The van der Waals surface area contributed by atoms with Crippen molar-refractivity contribution in [2.24, 2.45) is 4.99 Å². The Morgan fingerprint density at radius 1 is 1.30 bits per heavy atom. The maximum atomic E-state index is 14.0. The van der Waals surface area contributed by atoms with Crippen LogP contribution in [0.3, 0.4) is 0 Å². The summed E-state index contributed by atoms with van der Waals surface area (Å²) >= 11 is 0. The fourth-order valence-corrected chi connectivity index (χ4v) is 4.06. The van der Waals surface area contributed by atoms with Crippen molar-refractivity contribution >= 4 is 15.8 Å². The van der Waals surface area contributed by atoms with Crippen molar-refractivity contribution < 1.29 is 12.8 Å². The molecule has 0 aliphatic carbocycles. The van der Waals surface area contributed by atoms with Gasteiger partial charge in [-0.2, -0.15) is 0 Å². The van der Waals surface area contributed by atoms with Gasteiger partial charge in [0.05, 0.1) is 12.3 Å². The highest BCUT2D eigenvalue weighted by Crippen LogP contribution is 2.14. The molecule has 0 aromatic heterocycles. The average Bonchev–Trinajstić information content (AvgIpc) is 2.67. The van der Waals surface area contributed by atoms with E-state index in [0.29, 0.717) is 31.2 Å². The van der Waals surface area contributed by atoms with Gasteiger partial charge < -0.3 is 20.4 Å². The van der Waals surface area contributed by atoms with Crippen LogP contribution in [0.1, 0.15) is 30.9 Å². The van der Waals surface area contributed by atoms with E-state index >= 15 is 0 Å². The second-order valence-corrected chi connectivity index (χ2v) is 10.5. The van der Waals surface area contributed by atoms with E-state index in [4.69, 9.17) is 0 Å². The molecule has 2 N–H and O–H groups in total. The molecule has 0 amide bonds. The summed E-state index contributed by atoms with van der Waals surface area (Å²) in [5.74, 6) is 0.775. The van der Waals surface area contributed by atoms with E-state index in [1.165, 1.54) is 12.3 Å². The van der Waals surface area contributed by atoms with E-state index in [9.17, 15) is 12.8 Å². The SMILES string of the molecule is CCNC(=NCc1ccc(F)c(CN(C)C)c1)NC1CCN(CCS(C)(=O)=O)CC1. The number of benzene rings is 1. The molecule has 0 saturated carbocycles. The van der Waals surface area contributed by atoms with E-state index < -0.39 is 9.84 Å². The summed E-state index contributed by atoms with van der Waals surface area (Å²) in [7, 11) is 0.919. The fourth-order valence-electron chi connectivity index (χ4n) is 3.47. The lowest BCUT2D eigenvalue weighted by Gasteiger charge is -2.32. The molecule has 0 bridgehead atoms. The van der Waals surface area contributed by atoms with Crippen LogP contribution < -0.4 is 10.6 Å². The number of aliphatic imine (C=N–C) groups is 1. The number of nitrogens with one attached hydrogen (secondary N) is 2. The largest absolute Gasteiger partial charge is 0.357 e. The molecule has 1 aromatic carbocycles. The Hall–Kier alpha value is -1.71. The topological polar surface area (TPSA) is 77.0 Å². The quantitative estimate of drug-likeness (QED) is 0.446. The van der Waals surface area contributed by atoms with Crippen molar-refractivity contribution in [1.29, 1.82) is 0 Å². The number of piperidine rings is 1. The number of sulfone groups is 1. The Balaban J connectivity index is 1.91. The number of hydrogen-bond acceptors (Lipinski definition) is 5. The van der Waals surface area contributed by atoms with Crippen LogP contribution >= 0.6 is 0 Å². The first-order valence-electron chi connectivity index (χ1n) is 10.5. The van der Waals surface area contributed by atoms with Gasteiger partial charge in [0, 0.05) is 50.6 Å². The van der Waals surface area contributed by atoms with Crippen LogP contribution in [0, 0.1) is 5.82 Å². The minimum absolute atomic E-state index is 0.191. The summed E-state index contributed by atoms with van der Waals surface area (Å²) < 4.78 is 36.7. The van der Waals surface area contributed by atoms with Gasteiger partial charge >= 0.3 is 0 Å². The second kappa shape index (κ2) is 11.6. The molecule has 2 rings (SSSR count). The van der Waals surface area contributed by atoms with Crippen LogP contribution in [0.25, 0.3) is 0 Å². The van der Waals surface area contributed by atoms with Crippen molar-refractivity contribution in [1.82, 2.24) is 20.4 Å². The number of halogens is 1. The molecule has 0 unspecified atom stereocenters. The number of hydrogen-bond donors (Lipinski definition) is 2. The first-order valence-corrected chi connectivity index (χ1v) is 12.6. The highest BCUT2D eigenvalue weighted by Gasteiger charge is 2.20. The molecule has 1 fully saturated rings. The summed E-state index contributed by atoms with van der Waals surface area (Å²) in [4.78, 5) is 8.83. The molecule has 170 valence electrons. The average molecular weight is 442 g/mol. The van der Waals surface area contributed by atoms with Crippen LogP contribution in [-0.4, -0.2) is 82.5 Å². The maximum Gasteiger partial charge on any atom is 0.191 e. The molecule has 1 aromatic rings. The number of nitrogens with zero attached hydrogens (tertiary/aromatic N) is 3. The number of guanidine groups is 1. The van der Waals surface area contributed by atoms with Gasteiger partial charge in [-0.1, -0.05) is 6.07 Å². The van der Waals surface area contributed by atoms with Crippen LogP contribution in [0.4, 0.5) is 4.39 Å². The fraction of sp³-hybridized carbons (Fsp3) is 0.667. The Morgan fingerprint density at radius 3 is 2.60 bits per heavy atom. The molecule has 1 saturated heterocycles. The zero-order chi connectivity index (χ0) is 22.1. The van der Waals surface area contributed by atoms with Gasteiger partial charge in [0.15, 0.2) is 5.96 Å². The lowest BCUT2D eigenvalue weighted by atomic mass is 10.1. The smallest absolute Gasteiger partial charge is 0.191 e. The molecule has 1 heterocycles. The molecule has 9 heteroatoms. The zero-order valence-electron chi connectivity index (χ0n) is 18.6. The minimum Gasteiger partial charge on any atom is -0.357 e. The Bertz CT molecular complexity index is 806. The lowest BCUT2D eigenvalue weighted by Crippen LogP contribution is -2.49. The summed E-state index contributed by atoms with van der Waals surface area (Å²) in [5, 5.41) is 6.77. The molecular weight excluding hydrogens is 405 g/mol. The van der Waals surface area contributed by atoms with E-state index in [1.807, 2.05) is 32.0 Å². The number of likely N-dealkylation sites (tertiary alicyclic amines) is 1. The van der Waals surface area contributed by atoms with Crippen LogP contribution in [0.2, 0.25) is 0 Å². The van der Waals surface area contributed by atoms with E-state index in [2.05, 4.69) is 20.5 Å². The maximum absolute atomic E-state index is 14.0. The summed E-state index contributed by atoms with van der Waals surface area (Å²) in [6, 6.07) is 5.47. The Kier molecular flexibility index (Phi) is 9.51. The monoisotopic (exact) mass is 441 g/mol. The van der Waals surface area contributed by atoms with Gasteiger partial charge in [0.2, 0.25) is 0 Å². The van der Waals surface area contributed by atoms with Crippen molar-refractivity contribution in [3.05, 3.63) is 35.1 Å². The summed E-state index contributed by atoms with van der Waals surface area (Å²) in [5.41, 5.74) is 1.65. The van der Waals surface area contributed by atoms with Crippen LogP contribution in [0.15, 0.2) is 23.2 Å². The van der Waals surface area contributed by atoms with Crippen molar-refractivity contribution in [2.75, 3.05) is 52.3 Å². The minimum atomic E-state index is -2.92. The Morgan fingerprint density at radius 2 is 2.00 bits per heavy atom. The van der Waals surface area contributed by atoms with E-state index in [0.717, 1.165) is 44.0 Å². The molecule has 0 radical (unpaired) electrons. The van der Waals surface area contributed by atoms with Crippen molar-refractivity contribution in [2.45, 2.75) is 38.9 Å². The highest BCUT2D eigenvalue weighted by atomic mass is 32.2. The van der Waals surface area contributed by atoms with Crippen molar-refractivity contribution in [3.8, 4) is 0 Å². The van der Waals surface area contributed by atoms with Gasteiger partial charge in [-0.15, -0.1) is 0 Å². The third kappa shape index (κ3) is 8.97. The first-order chi connectivity index (χ1) is 14.2. The summed E-state index contributed by atoms with van der Waals surface area (Å²) in [6.45, 7) is 6.16. The molecule has 30 heavy (non-hydrogen) atoms. The van der Waals surface area contributed by atoms with Gasteiger partial charge in [0.25, 0.3) is 0 Å². The third-order valence-electron chi connectivity index (χ3n) is 5.07. The lowest BCUT2D eigenvalue weighted by molar-refractivity contribution is 0.216. The van der Waals surface area contributed by atoms with Gasteiger partial charge in [0.1, 0.15) is 15.7 Å². The van der Waals surface area contributed by atoms with Gasteiger partial charge in [-0.05, 0) is 51.6 Å². The zero-order valence-corrected chi connectivity index (χ0v) is 19.4. The Labute approximate surface area is 180 Å². The first kappa shape index (κ1) is 24.6. The predicted molar refractivity (Wildman–Crippen MR) is 121 cm³/mol. The van der Waals surface area contributed by atoms with Crippen molar-refractivity contribution in [3.63, 3.8) is 0 Å². The van der Waals surface area contributed by atoms with Gasteiger partial charge in [-0.3, -0.25) is 0 Å². The molecular formula is C21H36FN5O2S. The molecule has 1 aliphatic rings. The summed E-state index contributed by atoms with van der Waals surface area (Å²) in [6.07, 6.45) is 3.17. The van der Waals surface area contributed by atoms with Gasteiger partial charge in [-0.25, -0.2) is 17.8 Å². The molecule has 1 aliphatic heterocycles. The number of rotatable bonds is 9. The second-order valence-electron chi connectivity index (χ2n) is 8.25. The predicted octanol–water partition coefficient (Wildman–Crippen LogP) is 1.45. The van der Waals surface area contributed by atoms with Crippen LogP contribution in [0.5, 0.6) is 0 Å². The highest BCUT2D eigenvalue weighted by molar-refractivity contribution is 7.90. The third-order valence-corrected chi connectivity index (χ3v) is 5.99. The standard InChI is InChI=1S/C21H36FN5O2S/c1-5-23-21(24-15-17-6-7-20(22)18(14-17)16-26(2)3)25-19-8-10-27(11-9-19)12-13-30(4,28)29/h6-7,14,19H,5,8-13,15-16H2,1-4H3,(H2,23,24,25). The van der Waals surface area contributed by atoms with Crippen LogP contribution in [-0.2, 0) is 22.9 Å². The molecule has 7 nitrogen and oxygen atoms in total. The van der Waals surface area contributed by atoms with E-state index in [1.54, 1.807) is 6.07 Å². The van der Waals surface area contributed by atoms with E-state index in [-0.39, 0.29) is 11.6 Å². The molecule has 0 spiro atoms. The normalized spacial score (nSPS) is 16.8. The molecule has 0 atom stereocenters.